The first-order valence-corrected chi connectivity index (χ1v) is 6.85. The maximum absolute atomic E-state index is 9.60. The molecule has 4 heteroatoms. The molecule has 0 aliphatic carbocycles. The van der Waals surface area contributed by atoms with E-state index in [0.29, 0.717) is 6.47 Å². The highest BCUT2D eigenvalue weighted by atomic mass is 35.5. The molecule has 2 rings (SSSR count). The molecule has 0 bridgehead atoms. The number of carbonyl (C=O) groups is 1. The Hall–Kier alpha value is -1.06. The molecule has 1 fully saturated rings. The van der Waals surface area contributed by atoms with Crippen molar-refractivity contribution >= 4 is 18.1 Å². The molecule has 1 N–H and O–H groups in total. The lowest BCUT2D eigenvalue weighted by Gasteiger charge is -2.26. The molecule has 0 aromatic heterocycles. The van der Waals surface area contributed by atoms with Gasteiger partial charge < -0.3 is 10.1 Å². The zero-order valence-corrected chi connectivity index (χ0v) is 12.5. The van der Waals surface area contributed by atoms with Gasteiger partial charge in [-0.15, -0.1) is 0 Å². The molecule has 0 amide bonds. The smallest absolute Gasteiger partial charge is 0.293 e. The molecule has 0 atom stereocenters. The van der Waals surface area contributed by atoms with Gasteiger partial charge in [0.1, 0.15) is 5.60 Å². The number of hydrogen-bond donors (Lipinski definition) is 1. The quantitative estimate of drug-likeness (QED) is 0.867. The van der Waals surface area contributed by atoms with Crippen molar-refractivity contribution in [2.75, 3.05) is 13.1 Å². The van der Waals surface area contributed by atoms with E-state index >= 15 is 0 Å². The second-order valence-electron chi connectivity index (χ2n) is 5.68. The third-order valence-corrected chi connectivity index (χ3v) is 2.96. The summed E-state index contributed by atoms with van der Waals surface area (Å²) in [4.78, 5) is 9.60. The molecule has 1 aromatic carbocycles. The van der Waals surface area contributed by atoms with Gasteiger partial charge in [-0.1, -0.05) is 23.7 Å². The van der Waals surface area contributed by atoms with Gasteiger partial charge in [-0.2, -0.15) is 0 Å². The van der Waals surface area contributed by atoms with Crippen molar-refractivity contribution in [1.29, 1.82) is 0 Å². The molecule has 3 nitrogen and oxygen atoms in total. The first kappa shape index (κ1) is 16.0. The summed E-state index contributed by atoms with van der Waals surface area (Å²) in [5, 5.41) is 4.09. The molecule has 0 saturated carbocycles. The maximum atomic E-state index is 9.60. The van der Waals surface area contributed by atoms with Crippen LogP contribution in [0.1, 0.15) is 26.3 Å². The Morgan fingerprint density at radius 2 is 1.89 bits per heavy atom. The van der Waals surface area contributed by atoms with E-state index in [0.717, 1.165) is 10.9 Å². The van der Waals surface area contributed by atoms with Gasteiger partial charge >= 0.3 is 0 Å². The van der Waals surface area contributed by atoms with Crippen molar-refractivity contribution in [3.05, 3.63) is 34.9 Å². The zero-order valence-electron chi connectivity index (χ0n) is 11.8. The number of carbonyl (C=O) groups excluding carboxylic acids is 1. The van der Waals surface area contributed by atoms with Crippen molar-refractivity contribution in [2.45, 2.75) is 32.8 Å². The predicted molar refractivity (Wildman–Crippen MR) is 78.4 cm³/mol. The van der Waals surface area contributed by atoms with Crippen LogP contribution in [0.3, 0.4) is 0 Å². The van der Waals surface area contributed by atoms with Crippen molar-refractivity contribution in [1.82, 2.24) is 5.32 Å². The average molecular weight is 284 g/mol. The van der Waals surface area contributed by atoms with Crippen LogP contribution in [0.2, 0.25) is 5.02 Å². The summed E-state index contributed by atoms with van der Waals surface area (Å²) < 4.78 is 4.55. The molecule has 0 radical (unpaired) electrons. The van der Waals surface area contributed by atoms with E-state index in [1.54, 1.807) is 0 Å². The molecule has 0 spiro atoms. The third kappa shape index (κ3) is 7.19. The van der Waals surface area contributed by atoms with Crippen LogP contribution < -0.4 is 5.32 Å². The van der Waals surface area contributed by atoms with Gasteiger partial charge in [0, 0.05) is 5.02 Å². The lowest BCUT2D eigenvalue weighted by molar-refractivity contribution is -0.138. The second kappa shape index (κ2) is 7.51. The summed E-state index contributed by atoms with van der Waals surface area (Å²) >= 11 is 5.78. The van der Waals surface area contributed by atoms with Crippen LogP contribution in [0.25, 0.3) is 0 Å². The molecule has 19 heavy (non-hydrogen) atoms. The predicted octanol–water partition coefficient (Wildman–Crippen LogP) is 3.06. The largest absolute Gasteiger partial charge is 0.462 e. The van der Waals surface area contributed by atoms with Crippen molar-refractivity contribution in [3.63, 3.8) is 0 Å². The average Bonchev–Trinajstić information content (AvgIpc) is 2.25. The Morgan fingerprint density at radius 1 is 1.32 bits per heavy atom. The number of hydrogen-bond acceptors (Lipinski definition) is 3. The summed E-state index contributed by atoms with van der Waals surface area (Å²) in [6.45, 7) is 8.26. The minimum atomic E-state index is -0.318. The lowest BCUT2D eigenvalue weighted by Crippen LogP contribution is -2.43. The summed E-state index contributed by atoms with van der Waals surface area (Å²) in [7, 11) is 0. The zero-order chi connectivity index (χ0) is 14.3. The van der Waals surface area contributed by atoms with E-state index < -0.39 is 0 Å². The molecule has 1 aromatic rings. The summed E-state index contributed by atoms with van der Waals surface area (Å²) in [6, 6.07) is 8.15. The normalized spacial score (nSPS) is 14.9. The van der Waals surface area contributed by atoms with Gasteiger partial charge in [0.25, 0.3) is 6.47 Å². The third-order valence-electron chi connectivity index (χ3n) is 2.71. The van der Waals surface area contributed by atoms with Crippen molar-refractivity contribution in [3.8, 4) is 0 Å². The van der Waals surface area contributed by atoms with Gasteiger partial charge in [0.2, 0.25) is 0 Å². The minimum absolute atomic E-state index is 0.318. The SMILES string of the molecule is CC(C)(C)OC=O.Clc1ccc(CC2CNC2)cc1. The van der Waals surface area contributed by atoms with Crippen molar-refractivity contribution < 1.29 is 9.53 Å². The Morgan fingerprint density at radius 3 is 2.21 bits per heavy atom. The van der Waals surface area contributed by atoms with E-state index in [1.165, 1.54) is 25.1 Å². The standard InChI is InChI=1S/C10H12ClN.C5H10O2/c11-10-3-1-8(2-4-10)5-9-6-12-7-9;1-5(2,3)7-4-6/h1-4,9,12H,5-7H2;4H,1-3H3. The van der Waals surface area contributed by atoms with E-state index in [1.807, 2.05) is 32.9 Å². The van der Waals surface area contributed by atoms with Gasteiger partial charge in [0.15, 0.2) is 0 Å². The Labute approximate surface area is 120 Å². The van der Waals surface area contributed by atoms with E-state index in [-0.39, 0.29) is 5.60 Å². The van der Waals surface area contributed by atoms with Gasteiger partial charge in [-0.3, -0.25) is 4.79 Å². The van der Waals surface area contributed by atoms with Gasteiger partial charge in [-0.25, -0.2) is 0 Å². The highest BCUT2D eigenvalue weighted by Gasteiger charge is 2.16. The first-order chi connectivity index (χ1) is 8.90. The van der Waals surface area contributed by atoms with E-state index in [2.05, 4.69) is 22.2 Å². The van der Waals surface area contributed by atoms with Gasteiger partial charge in [-0.05, 0) is 63.9 Å². The summed E-state index contributed by atoms with van der Waals surface area (Å²) in [5.74, 6) is 0.839. The van der Waals surface area contributed by atoms with Crippen LogP contribution in [0.15, 0.2) is 24.3 Å². The molecule has 106 valence electrons. The molecule has 1 aliphatic rings. The highest BCUT2D eigenvalue weighted by molar-refractivity contribution is 6.30. The second-order valence-corrected chi connectivity index (χ2v) is 6.12. The maximum Gasteiger partial charge on any atom is 0.293 e. The van der Waals surface area contributed by atoms with Crippen LogP contribution in [-0.2, 0) is 16.0 Å². The highest BCUT2D eigenvalue weighted by Crippen LogP contribution is 2.15. The topological polar surface area (TPSA) is 38.3 Å². The molecule has 0 unspecified atom stereocenters. The molecule has 1 saturated heterocycles. The molecular formula is C15H22ClNO2. The number of nitrogens with one attached hydrogen (secondary N) is 1. The minimum Gasteiger partial charge on any atom is -0.462 e. The van der Waals surface area contributed by atoms with Gasteiger partial charge in [0.05, 0.1) is 0 Å². The molecule has 1 heterocycles. The van der Waals surface area contributed by atoms with Crippen LogP contribution in [0.4, 0.5) is 0 Å². The molecular weight excluding hydrogens is 262 g/mol. The number of rotatable bonds is 3. The Bertz CT molecular complexity index is 380. The fourth-order valence-electron chi connectivity index (χ4n) is 1.59. The van der Waals surface area contributed by atoms with Crippen LogP contribution in [0.5, 0.6) is 0 Å². The van der Waals surface area contributed by atoms with Crippen LogP contribution in [0, 0.1) is 5.92 Å². The summed E-state index contributed by atoms with van der Waals surface area (Å²) in [6.07, 6.45) is 1.18. The number of halogens is 1. The first-order valence-electron chi connectivity index (χ1n) is 6.47. The van der Waals surface area contributed by atoms with Crippen LogP contribution in [-0.4, -0.2) is 25.2 Å². The Balaban J connectivity index is 0.000000224. The Kier molecular flexibility index (Phi) is 6.32. The number of ether oxygens (including phenoxy) is 1. The van der Waals surface area contributed by atoms with Crippen molar-refractivity contribution in [2.24, 2.45) is 5.92 Å². The molecule has 1 aliphatic heterocycles. The fraction of sp³-hybridized carbons (Fsp3) is 0.533. The van der Waals surface area contributed by atoms with E-state index in [4.69, 9.17) is 11.6 Å². The van der Waals surface area contributed by atoms with Crippen LogP contribution >= 0.6 is 11.6 Å². The van der Waals surface area contributed by atoms with E-state index in [9.17, 15) is 4.79 Å². The summed E-state index contributed by atoms with van der Waals surface area (Å²) in [5.41, 5.74) is 1.08. The monoisotopic (exact) mass is 283 g/mol. The fourth-order valence-corrected chi connectivity index (χ4v) is 1.72. The number of benzene rings is 1. The lowest BCUT2D eigenvalue weighted by atomic mass is 9.95.